The monoisotopic (exact) mass is 199 g/mol. The van der Waals surface area contributed by atoms with E-state index in [4.69, 9.17) is 0 Å². The number of hydrogen-bond acceptors (Lipinski definition) is 2. The zero-order valence-electron chi connectivity index (χ0n) is 9.84. The van der Waals surface area contributed by atoms with Gasteiger partial charge in [-0.15, -0.1) is 0 Å². The lowest BCUT2D eigenvalue weighted by atomic mass is 9.77. The van der Waals surface area contributed by atoms with E-state index in [0.29, 0.717) is 6.04 Å². The standard InChI is InChI=1S/C12H25NO/c1-4-11-6-5-7-12(14,8-11)9-13-10(2)3/h10-11,13-14H,4-9H2,1-3H3. The van der Waals surface area contributed by atoms with Crippen LogP contribution in [0, 0.1) is 5.92 Å². The smallest absolute Gasteiger partial charge is 0.0774 e. The molecule has 84 valence electrons. The minimum Gasteiger partial charge on any atom is -0.389 e. The van der Waals surface area contributed by atoms with Gasteiger partial charge in [0.1, 0.15) is 0 Å². The molecule has 1 aliphatic rings. The molecule has 2 nitrogen and oxygen atoms in total. The summed E-state index contributed by atoms with van der Waals surface area (Å²) >= 11 is 0. The summed E-state index contributed by atoms with van der Waals surface area (Å²) in [4.78, 5) is 0. The Balaban J connectivity index is 2.38. The van der Waals surface area contributed by atoms with Crippen molar-refractivity contribution in [2.45, 2.75) is 64.5 Å². The zero-order valence-corrected chi connectivity index (χ0v) is 9.84. The minimum absolute atomic E-state index is 0.427. The van der Waals surface area contributed by atoms with Gasteiger partial charge >= 0.3 is 0 Å². The molecule has 0 aliphatic heterocycles. The van der Waals surface area contributed by atoms with Crippen molar-refractivity contribution >= 4 is 0 Å². The molecule has 14 heavy (non-hydrogen) atoms. The predicted molar refractivity (Wildman–Crippen MR) is 60.3 cm³/mol. The van der Waals surface area contributed by atoms with Crippen LogP contribution in [0.2, 0.25) is 0 Å². The Morgan fingerprint density at radius 1 is 1.50 bits per heavy atom. The number of hydrogen-bond donors (Lipinski definition) is 2. The lowest BCUT2D eigenvalue weighted by Crippen LogP contribution is -2.46. The molecule has 2 unspecified atom stereocenters. The van der Waals surface area contributed by atoms with Gasteiger partial charge in [-0.1, -0.05) is 40.0 Å². The summed E-state index contributed by atoms with van der Waals surface area (Å²) in [6.45, 7) is 7.25. The lowest BCUT2D eigenvalue weighted by Gasteiger charge is -2.37. The van der Waals surface area contributed by atoms with E-state index in [-0.39, 0.29) is 0 Å². The van der Waals surface area contributed by atoms with Crippen LogP contribution in [0.5, 0.6) is 0 Å². The molecule has 2 N–H and O–H groups in total. The fourth-order valence-corrected chi connectivity index (χ4v) is 2.36. The fraction of sp³-hybridized carbons (Fsp3) is 1.00. The van der Waals surface area contributed by atoms with Crippen molar-refractivity contribution in [2.75, 3.05) is 6.54 Å². The summed E-state index contributed by atoms with van der Waals surface area (Å²) in [6.07, 6.45) is 5.67. The third-order valence-corrected chi connectivity index (χ3v) is 3.34. The van der Waals surface area contributed by atoms with E-state index in [1.807, 2.05) is 0 Å². The van der Waals surface area contributed by atoms with Gasteiger partial charge in [0.25, 0.3) is 0 Å². The molecule has 0 saturated heterocycles. The molecule has 0 aromatic rings. The largest absolute Gasteiger partial charge is 0.389 e. The third-order valence-electron chi connectivity index (χ3n) is 3.34. The second kappa shape index (κ2) is 5.13. The van der Waals surface area contributed by atoms with Gasteiger partial charge < -0.3 is 10.4 Å². The Morgan fingerprint density at radius 2 is 2.21 bits per heavy atom. The first-order valence-electron chi connectivity index (χ1n) is 6.01. The van der Waals surface area contributed by atoms with E-state index in [2.05, 4.69) is 26.1 Å². The summed E-state index contributed by atoms with van der Waals surface area (Å²) in [5.74, 6) is 0.739. The quantitative estimate of drug-likeness (QED) is 0.728. The highest BCUT2D eigenvalue weighted by atomic mass is 16.3. The van der Waals surface area contributed by atoms with Crippen molar-refractivity contribution in [3.05, 3.63) is 0 Å². The molecule has 1 aliphatic carbocycles. The molecule has 1 saturated carbocycles. The predicted octanol–water partition coefficient (Wildman–Crippen LogP) is 2.32. The maximum Gasteiger partial charge on any atom is 0.0774 e. The van der Waals surface area contributed by atoms with E-state index >= 15 is 0 Å². The Hall–Kier alpha value is -0.0800. The van der Waals surface area contributed by atoms with E-state index in [0.717, 1.165) is 25.3 Å². The highest BCUT2D eigenvalue weighted by Gasteiger charge is 2.33. The van der Waals surface area contributed by atoms with E-state index in [1.165, 1.54) is 19.3 Å². The van der Waals surface area contributed by atoms with Gasteiger partial charge in [-0.3, -0.25) is 0 Å². The van der Waals surface area contributed by atoms with Crippen LogP contribution in [0.3, 0.4) is 0 Å². The van der Waals surface area contributed by atoms with E-state index in [1.54, 1.807) is 0 Å². The van der Waals surface area contributed by atoms with Crippen molar-refractivity contribution in [2.24, 2.45) is 5.92 Å². The molecule has 2 atom stereocenters. The van der Waals surface area contributed by atoms with Gasteiger partial charge in [-0.05, 0) is 18.8 Å². The van der Waals surface area contributed by atoms with Crippen LogP contribution in [-0.4, -0.2) is 23.3 Å². The van der Waals surface area contributed by atoms with E-state index in [9.17, 15) is 5.11 Å². The van der Waals surface area contributed by atoms with Crippen LogP contribution in [0.4, 0.5) is 0 Å². The molecule has 0 aromatic heterocycles. The Kier molecular flexibility index (Phi) is 4.39. The minimum atomic E-state index is -0.427. The van der Waals surface area contributed by atoms with Gasteiger partial charge in [0.2, 0.25) is 0 Å². The number of rotatable bonds is 4. The van der Waals surface area contributed by atoms with E-state index < -0.39 is 5.60 Å². The SMILES string of the molecule is CCC1CCCC(O)(CNC(C)C)C1. The maximum atomic E-state index is 10.4. The summed E-state index contributed by atoms with van der Waals surface area (Å²) in [5, 5.41) is 13.7. The normalized spacial score (nSPS) is 33.6. The van der Waals surface area contributed by atoms with Crippen LogP contribution in [-0.2, 0) is 0 Å². The van der Waals surface area contributed by atoms with Crippen LogP contribution in [0.15, 0.2) is 0 Å². The average Bonchev–Trinajstić information content (AvgIpc) is 2.15. The van der Waals surface area contributed by atoms with Crippen molar-refractivity contribution < 1.29 is 5.11 Å². The number of aliphatic hydroxyl groups is 1. The second-order valence-electron chi connectivity index (χ2n) is 5.13. The summed E-state index contributed by atoms with van der Waals surface area (Å²) < 4.78 is 0. The first kappa shape index (κ1) is 12.0. The van der Waals surface area contributed by atoms with Gasteiger partial charge in [-0.2, -0.15) is 0 Å². The highest BCUT2D eigenvalue weighted by molar-refractivity contribution is 4.88. The van der Waals surface area contributed by atoms with Gasteiger partial charge in [0, 0.05) is 12.6 Å². The average molecular weight is 199 g/mol. The molecular weight excluding hydrogens is 174 g/mol. The van der Waals surface area contributed by atoms with Crippen molar-refractivity contribution in [3.8, 4) is 0 Å². The summed E-state index contributed by atoms with van der Waals surface area (Å²) in [7, 11) is 0. The maximum absolute atomic E-state index is 10.4. The summed E-state index contributed by atoms with van der Waals surface area (Å²) in [6, 6.07) is 0.473. The van der Waals surface area contributed by atoms with Crippen LogP contribution in [0.25, 0.3) is 0 Å². The molecule has 0 aromatic carbocycles. The first-order valence-corrected chi connectivity index (χ1v) is 6.01. The van der Waals surface area contributed by atoms with Gasteiger partial charge in [-0.25, -0.2) is 0 Å². The van der Waals surface area contributed by atoms with Crippen LogP contribution >= 0.6 is 0 Å². The molecule has 0 radical (unpaired) electrons. The van der Waals surface area contributed by atoms with Crippen molar-refractivity contribution in [1.29, 1.82) is 0 Å². The van der Waals surface area contributed by atoms with Crippen molar-refractivity contribution in [1.82, 2.24) is 5.32 Å². The fourth-order valence-electron chi connectivity index (χ4n) is 2.36. The molecular formula is C12H25NO. The first-order chi connectivity index (χ1) is 6.56. The lowest BCUT2D eigenvalue weighted by molar-refractivity contribution is -0.0167. The van der Waals surface area contributed by atoms with Gasteiger partial charge in [0.15, 0.2) is 0 Å². The molecule has 1 fully saturated rings. The topological polar surface area (TPSA) is 32.3 Å². The van der Waals surface area contributed by atoms with Crippen LogP contribution < -0.4 is 5.32 Å². The number of nitrogens with one attached hydrogen (secondary N) is 1. The molecule has 0 bridgehead atoms. The summed E-state index contributed by atoms with van der Waals surface area (Å²) in [5.41, 5.74) is -0.427. The third kappa shape index (κ3) is 3.58. The Morgan fingerprint density at radius 3 is 2.79 bits per heavy atom. The molecule has 0 spiro atoms. The second-order valence-corrected chi connectivity index (χ2v) is 5.13. The molecule has 0 amide bonds. The van der Waals surface area contributed by atoms with Crippen molar-refractivity contribution in [3.63, 3.8) is 0 Å². The Labute approximate surface area is 88.1 Å². The Bertz CT molecular complexity index is 170. The van der Waals surface area contributed by atoms with Gasteiger partial charge in [0.05, 0.1) is 5.60 Å². The molecule has 1 rings (SSSR count). The highest BCUT2D eigenvalue weighted by Crippen LogP contribution is 2.33. The zero-order chi connectivity index (χ0) is 10.6. The molecule has 0 heterocycles. The molecule has 2 heteroatoms. The van der Waals surface area contributed by atoms with Crippen LogP contribution in [0.1, 0.15) is 52.9 Å².